The second-order valence-corrected chi connectivity index (χ2v) is 8.17. The highest BCUT2D eigenvalue weighted by molar-refractivity contribution is 6.80. The van der Waals surface area contributed by atoms with Crippen molar-refractivity contribution in [3.05, 3.63) is 109 Å². The van der Waals surface area contributed by atoms with Crippen LogP contribution in [0.2, 0.25) is 0 Å². The number of ether oxygens (including phenoxy) is 1. The predicted molar refractivity (Wildman–Crippen MR) is 149 cm³/mol. The van der Waals surface area contributed by atoms with Crippen LogP contribution in [0.25, 0.3) is 0 Å². The first-order valence-electron chi connectivity index (χ1n) is 12.1. The standard InChI is InChI=1S/C30H31BN2O2/c1-4-33(5-2)28-19-16-24(23-32-27-17-20-29(34-3)21-18-27)30(22-28)35-31(25-12-8-6-9-13-25)26-14-10-7-11-15-26/h6-23H,4-5H2,1-3H3. The van der Waals surface area contributed by atoms with Gasteiger partial charge in [-0.3, -0.25) is 4.99 Å². The van der Waals surface area contributed by atoms with E-state index in [2.05, 4.69) is 61.2 Å². The normalized spacial score (nSPS) is 10.8. The van der Waals surface area contributed by atoms with E-state index in [9.17, 15) is 0 Å². The number of methoxy groups -OCH3 is 1. The van der Waals surface area contributed by atoms with Crippen LogP contribution in [0.4, 0.5) is 11.4 Å². The highest BCUT2D eigenvalue weighted by Crippen LogP contribution is 2.27. The SMILES string of the molecule is CCN(CC)c1ccc(C=Nc2ccc(OC)cc2)c(OB(c2ccccc2)c2ccccc2)c1. The fraction of sp³-hybridized carbons (Fsp3) is 0.167. The van der Waals surface area contributed by atoms with Crippen molar-refractivity contribution in [3.63, 3.8) is 0 Å². The summed E-state index contributed by atoms with van der Waals surface area (Å²) < 4.78 is 12.0. The highest BCUT2D eigenvalue weighted by Gasteiger charge is 2.24. The first-order chi connectivity index (χ1) is 17.2. The Morgan fingerprint density at radius 3 is 1.91 bits per heavy atom. The second-order valence-electron chi connectivity index (χ2n) is 8.17. The largest absolute Gasteiger partial charge is 0.551 e. The van der Waals surface area contributed by atoms with Gasteiger partial charge in [0.25, 0.3) is 0 Å². The van der Waals surface area contributed by atoms with Crippen LogP contribution >= 0.6 is 0 Å². The third kappa shape index (κ3) is 6.13. The fourth-order valence-electron chi connectivity index (χ4n) is 4.04. The lowest BCUT2D eigenvalue weighted by atomic mass is 9.55. The Bertz CT molecular complexity index is 1180. The Balaban J connectivity index is 1.74. The monoisotopic (exact) mass is 462 g/mol. The maximum atomic E-state index is 6.78. The smallest absolute Gasteiger partial charge is 0.426 e. The zero-order chi connectivity index (χ0) is 24.5. The van der Waals surface area contributed by atoms with E-state index in [0.717, 1.165) is 52.5 Å². The van der Waals surface area contributed by atoms with Crippen molar-refractivity contribution < 1.29 is 9.39 Å². The van der Waals surface area contributed by atoms with Gasteiger partial charge in [0.05, 0.1) is 12.8 Å². The van der Waals surface area contributed by atoms with E-state index in [4.69, 9.17) is 14.4 Å². The number of aliphatic imine (C=N–C) groups is 1. The van der Waals surface area contributed by atoms with Gasteiger partial charge in [-0.2, -0.15) is 0 Å². The summed E-state index contributed by atoms with van der Waals surface area (Å²) in [6.45, 7) is 5.95. The van der Waals surface area contributed by atoms with Crippen LogP contribution in [-0.4, -0.2) is 33.3 Å². The van der Waals surface area contributed by atoms with E-state index in [1.54, 1.807) is 7.11 Å². The van der Waals surface area contributed by atoms with Crippen LogP contribution in [0.5, 0.6) is 11.5 Å². The fourth-order valence-corrected chi connectivity index (χ4v) is 4.04. The lowest BCUT2D eigenvalue weighted by Crippen LogP contribution is -2.47. The molecule has 0 aromatic heterocycles. The molecule has 4 rings (SSSR count). The summed E-state index contributed by atoms with van der Waals surface area (Å²) >= 11 is 0. The lowest BCUT2D eigenvalue weighted by molar-refractivity contribution is 0.415. The van der Waals surface area contributed by atoms with Crippen LogP contribution in [0.1, 0.15) is 19.4 Å². The first kappa shape index (κ1) is 24.1. The van der Waals surface area contributed by atoms with Gasteiger partial charge in [0.1, 0.15) is 11.5 Å². The van der Waals surface area contributed by atoms with Crippen molar-refractivity contribution >= 4 is 35.4 Å². The van der Waals surface area contributed by atoms with E-state index in [0.29, 0.717) is 0 Å². The van der Waals surface area contributed by atoms with Gasteiger partial charge in [0, 0.05) is 36.6 Å². The summed E-state index contributed by atoms with van der Waals surface area (Å²) in [6.07, 6.45) is 1.87. The molecule has 0 unspecified atom stereocenters. The molecule has 0 aliphatic rings. The maximum Gasteiger partial charge on any atom is 0.426 e. The van der Waals surface area contributed by atoms with E-state index in [1.165, 1.54) is 0 Å². The molecule has 0 aliphatic heterocycles. The van der Waals surface area contributed by atoms with Crippen molar-refractivity contribution in [3.8, 4) is 11.5 Å². The quantitative estimate of drug-likeness (QED) is 0.231. The van der Waals surface area contributed by atoms with E-state index < -0.39 is 0 Å². The average molecular weight is 462 g/mol. The van der Waals surface area contributed by atoms with Crippen molar-refractivity contribution in [1.82, 2.24) is 0 Å². The molecule has 0 saturated heterocycles. The predicted octanol–water partition coefficient (Wildman–Crippen LogP) is 5.48. The Morgan fingerprint density at radius 1 is 0.771 bits per heavy atom. The lowest BCUT2D eigenvalue weighted by Gasteiger charge is -2.24. The Morgan fingerprint density at radius 2 is 1.37 bits per heavy atom. The topological polar surface area (TPSA) is 34.1 Å². The van der Waals surface area contributed by atoms with Gasteiger partial charge >= 0.3 is 6.92 Å². The van der Waals surface area contributed by atoms with Gasteiger partial charge < -0.3 is 14.3 Å². The zero-order valence-electron chi connectivity index (χ0n) is 20.6. The van der Waals surface area contributed by atoms with Crippen molar-refractivity contribution in [2.24, 2.45) is 4.99 Å². The zero-order valence-corrected chi connectivity index (χ0v) is 20.6. The first-order valence-corrected chi connectivity index (χ1v) is 12.1. The summed E-state index contributed by atoms with van der Waals surface area (Å²) in [7, 11) is 1.66. The van der Waals surface area contributed by atoms with Crippen LogP contribution in [0.3, 0.4) is 0 Å². The molecule has 35 heavy (non-hydrogen) atoms. The molecule has 0 radical (unpaired) electrons. The molecule has 176 valence electrons. The number of hydrogen-bond donors (Lipinski definition) is 0. The molecule has 0 spiro atoms. The molecule has 0 atom stereocenters. The molecule has 4 nitrogen and oxygen atoms in total. The third-order valence-electron chi connectivity index (χ3n) is 6.00. The Labute approximate surface area is 209 Å². The molecule has 0 amide bonds. The second kappa shape index (κ2) is 11.9. The van der Waals surface area contributed by atoms with Gasteiger partial charge in [-0.15, -0.1) is 0 Å². The molecule has 0 aliphatic carbocycles. The average Bonchev–Trinajstić information content (AvgIpc) is 2.93. The van der Waals surface area contributed by atoms with Crippen molar-refractivity contribution in [2.45, 2.75) is 13.8 Å². The number of anilines is 1. The molecule has 0 fully saturated rings. The molecular formula is C30H31BN2O2. The van der Waals surface area contributed by atoms with Crippen LogP contribution in [0, 0.1) is 0 Å². The van der Waals surface area contributed by atoms with Gasteiger partial charge in [-0.05, 0) is 61.2 Å². The Kier molecular flexibility index (Phi) is 8.23. The highest BCUT2D eigenvalue weighted by atomic mass is 16.5. The van der Waals surface area contributed by atoms with Crippen LogP contribution in [-0.2, 0) is 0 Å². The van der Waals surface area contributed by atoms with Gasteiger partial charge in [0.2, 0.25) is 0 Å². The van der Waals surface area contributed by atoms with Gasteiger partial charge in [-0.1, -0.05) is 60.7 Å². The summed E-state index contributed by atoms with van der Waals surface area (Å²) in [5, 5.41) is 0. The molecule has 0 bridgehead atoms. The molecular weight excluding hydrogens is 431 g/mol. The summed E-state index contributed by atoms with van der Waals surface area (Å²) in [4.78, 5) is 7.02. The minimum absolute atomic E-state index is 0.238. The maximum absolute atomic E-state index is 6.78. The van der Waals surface area contributed by atoms with Gasteiger partial charge in [0.15, 0.2) is 0 Å². The number of nitrogens with zero attached hydrogens (tertiary/aromatic N) is 2. The van der Waals surface area contributed by atoms with Crippen molar-refractivity contribution in [1.29, 1.82) is 0 Å². The molecule has 0 heterocycles. The Hall–Kier alpha value is -3.99. The molecule has 4 aromatic carbocycles. The third-order valence-corrected chi connectivity index (χ3v) is 6.00. The molecule has 4 aromatic rings. The summed E-state index contributed by atoms with van der Waals surface area (Å²) in [5.74, 6) is 1.61. The number of rotatable bonds is 10. The van der Waals surface area contributed by atoms with Crippen molar-refractivity contribution in [2.75, 3.05) is 25.1 Å². The summed E-state index contributed by atoms with van der Waals surface area (Å²) in [6, 6.07) is 34.7. The van der Waals surface area contributed by atoms with E-state index in [1.807, 2.05) is 66.9 Å². The molecule has 0 N–H and O–H groups in total. The van der Waals surface area contributed by atoms with E-state index in [-0.39, 0.29) is 6.92 Å². The number of benzene rings is 4. The minimum Gasteiger partial charge on any atom is -0.551 e. The van der Waals surface area contributed by atoms with Gasteiger partial charge in [-0.25, -0.2) is 0 Å². The van der Waals surface area contributed by atoms with Crippen LogP contribution < -0.4 is 25.2 Å². The summed E-state index contributed by atoms with van der Waals surface area (Å²) in [5.41, 5.74) is 5.11. The molecule has 5 heteroatoms. The van der Waals surface area contributed by atoms with E-state index >= 15 is 0 Å². The number of hydrogen-bond acceptors (Lipinski definition) is 4. The van der Waals surface area contributed by atoms with Crippen LogP contribution in [0.15, 0.2) is 108 Å². The minimum atomic E-state index is -0.238. The molecule has 0 saturated carbocycles.